The van der Waals surface area contributed by atoms with E-state index in [0.717, 1.165) is 11.4 Å². The Kier molecular flexibility index (Phi) is 5.33. The number of esters is 1. The standard InChI is InChI=1S/C13H19NO3/c1-4-12(13(15)16-3)14-10-7-6-8-11(9-10)17-5-2/h6-9,12,14H,4-5H2,1-3H3. The normalized spacial score (nSPS) is 11.7. The van der Waals surface area contributed by atoms with E-state index < -0.39 is 0 Å². The van der Waals surface area contributed by atoms with Crippen LogP contribution in [0.15, 0.2) is 24.3 Å². The van der Waals surface area contributed by atoms with Crippen molar-refractivity contribution in [1.82, 2.24) is 0 Å². The van der Waals surface area contributed by atoms with E-state index in [1.54, 1.807) is 0 Å². The van der Waals surface area contributed by atoms with Crippen LogP contribution in [-0.2, 0) is 9.53 Å². The molecule has 0 saturated heterocycles. The van der Waals surface area contributed by atoms with E-state index >= 15 is 0 Å². The van der Waals surface area contributed by atoms with Crippen molar-refractivity contribution < 1.29 is 14.3 Å². The first kappa shape index (κ1) is 13.4. The molecule has 0 aromatic heterocycles. The number of nitrogens with one attached hydrogen (secondary N) is 1. The maximum absolute atomic E-state index is 11.4. The summed E-state index contributed by atoms with van der Waals surface area (Å²) >= 11 is 0. The van der Waals surface area contributed by atoms with Crippen LogP contribution in [0.4, 0.5) is 5.69 Å². The second kappa shape index (κ2) is 6.78. The van der Waals surface area contributed by atoms with Crippen molar-refractivity contribution in [2.24, 2.45) is 0 Å². The van der Waals surface area contributed by atoms with Gasteiger partial charge in [-0.15, -0.1) is 0 Å². The number of hydrogen-bond acceptors (Lipinski definition) is 4. The van der Waals surface area contributed by atoms with Crippen molar-refractivity contribution in [3.8, 4) is 5.75 Å². The summed E-state index contributed by atoms with van der Waals surface area (Å²) in [5.74, 6) is 0.534. The molecule has 1 aromatic rings. The van der Waals surface area contributed by atoms with E-state index in [-0.39, 0.29) is 12.0 Å². The molecule has 0 heterocycles. The number of methoxy groups -OCH3 is 1. The quantitative estimate of drug-likeness (QED) is 0.772. The predicted molar refractivity (Wildman–Crippen MR) is 67.3 cm³/mol. The third-order valence-electron chi connectivity index (χ3n) is 2.38. The summed E-state index contributed by atoms with van der Waals surface area (Å²) in [6.45, 7) is 4.49. The zero-order valence-electron chi connectivity index (χ0n) is 10.5. The number of rotatable bonds is 6. The fraction of sp³-hybridized carbons (Fsp3) is 0.462. The zero-order valence-corrected chi connectivity index (χ0v) is 10.5. The van der Waals surface area contributed by atoms with Gasteiger partial charge in [0.15, 0.2) is 0 Å². The summed E-state index contributed by atoms with van der Waals surface area (Å²) in [5, 5.41) is 3.12. The van der Waals surface area contributed by atoms with Crippen molar-refractivity contribution in [3.05, 3.63) is 24.3 Å². The number of ether oxygens (including phenoxy) is 2. The number of carbonyl (C=O) groups excluding carboxylic acids is 1. The number of carbonyl (C=O) groups is 1. The van der Waals surface area contributed by atoms with Crippen LogP contribution < -0.4 is 10.1 Å². The average Bonchev–Trinajstić information content (AvgIpc) is 2.36. The average molecular weight is 237 g/mol. The van der Waals surface area contributed by atoms with Gasteiger partial charge >= 0.3 is 5.97 Å². The number of anilines is 1. The first-order valence-corrected chi connectivity index (χ1v) is 5.78. The smallest absolute Gasteiger partial charge is 0.328 e. The summed E-state index contributed by atoms with van der Waals surface area (Å²) < 4.78 is 10.1. The Morgan fingerprint density at radius 2 is 2.18 bits per heavy atom. The molecule has 0 fully saturated rings. The number of hydrogen-bond donors (Lipinski definition) is 1. The summed E-state index contributed by atoms with van der Waals surface area (Å²) in [6.07, 6.45) is 0.672. The minimum absolute atomic E-state index is 0.255. The highest BCUT2D eigenvalue weighted by atomic mass is 16.5. The third kappa shape index (κ3) is 3.98. The fourth-order valence-corrected chi connectivity index (χ4v) is 1.51. The molecule has 0 aliphatic carbocycles. The molecule has 4 heteroatoms. The van der Waals surface area contributed by atoms with E-state index in [1.165, 1.54) is 7.11 Å². The molecule has 0 spiro atoms. The van der Waals surface area contributed by atoms with Crippen LogP contribution >= 0.6 is 0 Å². The highest BCUT2D eigenvalue weighted by molar-refractivity contribution is 5.79. The van der Waals surface area contributed by atoms with Crippen LogP contribution in [0.3, 0.4) is 0 Å². The van der Waals surface area contributed by atoms with Gasteiger partial charge in [-0.1, -0.05) is 13.0 Å². The second-order valence-corrected chi connectivity index (χ2v) is 3.59. The topological polar surface area (TPSA) is 47.6 Å². The van der Waals surface area contributed by atoms with Gasteiger partial charge < -0.3 is 14.8 Å². The Bertz CT molecular complexity index is 365. The highest BCUT2D eigenvalue weighted by Gasteiger charge is 2.16. The fourth-order valence-electron chi connectivity index (χ4n) is 1.51. The van der Waals surface area contributed by atoms with Crippen LogP contribution in [0.2, 0.25) is 0 Å². The van der Waals surface area contributed by atoms with Crippen LogP contribution in [0, 0.1) is 0 Å². The van der Waals surface area contributed by atoms with Crippen molar-refractivity contribution in [2.75, 3.05) is 19.0 Å². The first-order valence-electron chi connectivity index (χ1n) is 5.78. The zero-order chi connectivity index (χ0) is 12.7. The Balaban J connectivity index is 2.72. The van der Waals surface area contributed by atoms with Gasteiger partial charge in [0.05, 0.1) is 13.7 Å². The Morgan fingerprint density at radius 3 is 2.76 bits per heavy atom. The van der Waals surface area contributed by atoms with Gasteiger partial charge in [0, 0.05) is 11.8 Å². The molecule has 1 unspecified atom stereocenters. The van der Waals surface area contributed by atoms with Crippen molar-refractivity contribution in [1.29, 1.82) is 0 Å². The highest BCUT2D eigenvalue weighted by Crippen LogP contribution is 2.18. The van der Waals surface area contributed by atoms with Gasteiger partial charge in [-0.3, -0.25) is 0 Å². The van der Waals surface area contributed by atoms with Crippen LogP contribution in [-0.4, -0.2) is 25.7 Å². The molecule has 1 N–H and O–H groups in total. The van der Waals surface area contributed by atoms with Crippen molar-refractivity contribution in [2.45, 2.75) is 26.3 Å². The molecule has 0 saturated carbocycles. The van der Waals surface area contributed by atoms with Gasteiger partial charge in [-0.2, -0.15) is 0 Å². The van der Waals surface area contributed by atoms with E-state index in [2.05, 4.69) is 5.32 Å². The Hall–Kier alpha value is -1.71. The number of benzene rings is 1. The summed E-state index contributed by atoms with van der Waals surface area (Å²) in [6, 6.07) is 7.21. The first-order chi connectivity index (χ1) is 8.21. The molecule has 0 amide bonds. The molecule has 4 nitrogen and oxygen atoms in total. The van der Waals surface area contributed by atoms with Crippen LogP contribution in [0.5, 0.6) is 5.75 Å². The lowest BCUT2D eigenvalue weighted by Gasteiger charge is -2.16. The molecular weight excluding hydrogens is 218 g/mol. The molecule has 1 aromatic carbocycles. The van der Waals surface area contributed by atoms with Gasteiger partial charge in [0.25, 0.3) is 0 Å². The minimum Gasteiger partial charge on any atom is -0.494 e. The summed E-state index contributed by atoms with van der Waals surface area (Å²) in [4.78, 5) is 11.4. The molecule has 1 atom stereocenters. The summed E-state index contributed by atoms with van der Waals surface area (Å²) in [5.41, 5.74) is 0.855. The molecule has 0 bridgehead atoms. The molecule has 17 heavy (non-hydrogen) atoms. The largest absolute Gasteiger partial charge is 0.494 e. The predicted octanol–water partition coefficient (Wildman–Crippen LogP) is 2.45. The van der Waals surface area contributed by atoms with Crippen LogP contribution in [0.25, 0.3) is 0 Å². The lowest BCUT2D eigenvalue weighted by Crippen LogP contribution is -2.29. The van der Waals surface area contributed by atoms with E-state index in [4.69, 9.17) is 9.47 Å². The maximum Gasteiger partial charge on any atom is 0.328 e. The minimum atomic E-state index is -0.322. The van der Waals surface area contributed by atoms with E-state index in [9.17, 15) is 4.79 Å². The molecular formula is C13H19NO3. The van der Waals surface area contributed by atoms with Gasteiger partial charge in [-0.05, 0) is 25.5 Å². The SMILES string of the molecule is CCOc1cccc(NC(CC)C(=O)OC)c1. The monoisotopic (exact) mass is 237 g/mol. The van der Waals surface area contributed by atoms with E-state index in [1.807, 2.05) is 38.1 Å². The van der Waals surface area contributed by atoms with Crippen molar-refractivity contribution in [3.63, 3.8) is 0 Å². The lowest BCUT2D eigenvalue weighted by atomic mass is 10.2. The van der Waals surface area contributed by atoms with E-state index in [0.29, 0.717) is 13.0 Å². The molecule has 94 valence electrons. The van der Waals surface area contributed by atoms with Gasteiger partial charge in [0.1, 0.15) is 11.8 Å². The second-order valence-electron chi connectivity index (χ2n) is 3.59. The Labute approximate surface area is 102 Å². The summed E-state index contributed by atoms with van der Waals surface area (Å²) in [7, 11) is 1.39. The molecule has 0 aliphatic heterocycles. The van der Waals surface area contributed by atoms with Gasteiger partial charge in [0.2, 0.25) is 0 Å². The lowest BCUT2D eigenvalue weighted by molar-refractivity contribution is -0.141. The molecule has 0 aliphatic rings. The Morgan fingerprint density at radius 1 is 1.41 bits per heavy atom. The molecule has 1 rings (SSSR count). The third-order valence-corrected chi connectivity index (χ3v) is 2.38. The maximum atomic E-state index is 11.4. The van der Waals surface area contributed by atoms with Crippen LogP contribution in [0.1, 0.15) is 20.3 Å². The van der Waals surface area contributed by atoms with Crippen molar-refractivity contribution >= 4 is 11.7 Å². The molecule has 0 radical (unpaired) electrons. The van der Waals surface area contributed by atoms with Gasteiger partial charge in [-0.25, -0.2) is 4.79 Å².